The van der Waals surface area contributed by atoms with Gasteiger partial charge < -0.3 is 11.1 Å². The minimum atomic E-state index is 0.314. The van der Waals surface area contributed by atoms with Gasteiger partial charge in [-0.05, 0) is 47.8 Å². The lowest BCUT2D eigenvalue weighted by Gasteiger charge is -2.15. The number of fused-ring (bicyclic) bond motifs is 1. The average Bonchev–Trinajstić information content (AvgIpc) is 3.00. The molecule has 1 atom stereocenters. The monoisotopic (exact) mass is 282 g/mol. The smallest absolute Gasteiger partial charge is 0.160 e. The number of nitrogens with two attached hydrogens (primary N) is 1. The zero-order chi connectivity index (χ0) is 14.7. The first-order valence-electron chi connectivity index (χ1n) is 7.05. The lowest BCUT2D eigenvalue weighted by Crippen LogP contribution is -2.16. The Bertz CT molecular complexity index is 723. The maximum atomic E-state index is 5.84. The summed E-state index contributed by atoms with van der Waals surface area (Å²) in [6.07, 6.45) is 2.06. The molecular formula is C16H18N4O. The van der Waals surface area contributed by atoms with Crippen molar-refractivity contribution in [3.05, 3.63) is 48.0 Å². The molecule has 0 saturated carbocycles. The van der Waals surface area contributed by atoms with E-state index in [4.69, 9.17) is 10.4 Å². The first-order valence-corrected chi connectivity index (χ1v) is 7.05. The number of benzene rings is 2. The summed E-state index contributed by atoms with van der Waals surface area (Å²) in [6, 6.07) is 14.5. The van der Waals surface area contributed by atoms with Gasteiger partial charge in [0.2, 0.25) is 0 Å². The molecule has 0 radical (unpaired) electrons. The maximum Gasteiger partial charge on any atom is 0.160 e. The molecular weight excluding hydrogens is 264 g/mol. The first kappa shape index (κ1) is 13.4. The molecule has 3 rings (SSSR count). The lowest BCUT2D eigenvalue weighted by atomic mass is 10.1. The Balaban J connectivity index is 1.68. The number of nitrogens with one attached hydrogen (secondary N) is 1. The Morgan fingerprint density at radius 2 is 1.86 bits per heavy atom. The predicted octanol–water partition coefficient (Wildman–Crippen LogP) is 3.24. The van der Waals surface area contributed by atoms with E-state index in [1.54, 1.807) is 0 Å². The van der Waals surface area contributed by atoms with Crippen LogP contribution in [0.4, 0.5) is 11.4 Å². The molecule has 0 amide bonds. The summed E-state index contributed by atoms with van der Waals surface area (Å²) >= 11 is 0. The summed E-state index contributed by atoms with van der Waals surface area (Å²) in [5.74, 6) is 0. The lowest BCUT2D eigenvalue weighted by molar-refractivity contribution is 0.315. The van der Waals surface area contributed by atoms with E-state index >= 15 is 0 Å². The van der Waals surface area contributed by atoms with Crippen LogP contribution in [0.15, 0.2) is 47.1 Å². The molecule has 0 bridgehead atoms. The highest BCUT2D eigenvalue weighted by Gasteiger charge is 2.11. The van der Waals surface area contributed by atoms with Crippen LogP contribution in [-0.2, 0) is 6.42 Å². The largest absolute Gasteiger partial charge is 0.397 e. The number of rotatable bonds is 5. The third kappa shape index (κ3) is 2.97. The van der Waals surface area contributed by atoms with Crippen molar-refractivity contribution in [3.8, 4) is 0 Å². The first-order chi connectivity index (χ1) is 10.2. The van der Waals surface area contributed by atoms with Crippen LogP contribution in [0.25, 0.3) is 11.0 Å². The Morgan fingerprint density at radius 3 is 2.67 bits per heavy atom. The van der Waals surface area contributed by atoms with Gasteiger partial charge in [-0.3, -0.25) is 0 Å². The normalized spacial score (nSPS) is 12.4. The molecule has 0 saturated heterocycles. The van der Waals surface area contributed by atoms with Gasteiger partial charge in [0.1, 0.15) is 0 Å². The van der Waals surface area contributed by atoms with E-state index in [1.807, 2.05) is 18.2 Å². The molecule has 2 aromatic carbocycles. The van der Waals surface area contributed by atoms with E-state index in [1.165, 1.54) is 5.56 Å². The van der Waals surface area contributed by atoms with Crippen LogP contribution in [0.1, 0.15) is 18.9 Å². The molecule has 0 spiro atoms. The molecule has 0 aliphatic carbocycles. The minimum absolute atomic E-state index is 0.314. The van der Waals surface area contributed by atoms with Crippen LogP contribution in [0.2, 0.25) is 0 Å². The highest BCUT2D eigenvalue weighted by atomic mass is 16.6. The van der Waals surface area contributed by atoms with E-state index < -0.39 is 0 Å². The molecule has 5 nitrogen and oxygen atoms in total. The van der Waals surface area contributed by atoms with Gasteiger partial charge in [-0.1, -0.05) is 30.3 Å². The molecule has 0 fully saturated rings. The highest BCUT2D eigenvalue weighted by Crippen LogP contribution is 2.26. The van der Waals surface area contributed by atoms with Gasteiger partial charge in [0.25, 0.3) is 0 Å². The molecule has 5 heteroatoms. The van der Waals surface area contributed by atoms with Gasteiger partial charge in [0.15, 0.2) is 11.0 Å². The summed E-state index contributed by atoms with van der Waals surface area (Å²) in [5, 5.41) is 11.2. The molecule has 21 heavy (non-hydrogen) atoms. The van der Waals surface area contributed by atoms with Gasteiger partial charge in [-0.15, -0.1) is 0 Å². The van der Waals surface area contributed by atoms with Crippen LogP contribution in [-0.4, -0.2) is 16.4 Å². The standard InChI is InChI=1S/C16H18N4O/c1-11(7-8-12-5-3-2-4-6-12)18-14-10-9-13(17)15-16(14)20-21-19-15/h2-6,9-11,18H,7-8,17H2,1H3. The number of nitrogens with zero attached hydrogens (tertiary/aromatic N) is 2. The number of aryl methyl sites for hydroxylation is 1. The quantitative estimate of drug-likeness (QED) is 0.702. The molecule has 1 aromatic heterocycles. The summed E-state index contributed by atoms with van der Waals surface area (Å²) in [4.78, 5) is 0. The van der Waals surface area contributed by atoms with Gasteiger partial charge >= 0.3 is 0 Å². The third-order valence-electron chi connectivity index (χ3n) is 3.56. The van der Waals surface area contributed by atoms with E-state index in [0.29, 0.717) is 22.8 Å². The zero-order valence-corrected chi connectivity index (χ0v) is 11.9. The van der Waals surface area contributed by atoms with Crippen LogP contribution < -0.4 is 11.1 Å². The average molecular weight is 282 g/mol. The summed E-state index contributed by atoms with van der Waals surface area (Å²) in [7, 11) is 0. The fraction of sp³-hybridized carbons (Fsp3) is 0.250. The second-order valence-corrected chi connectivity index (χ2v) is 5.23. The van der Waals surface area contributed by atoms with Crippen LogP contribution in [0.3, 0.4) is 0 Å². The Kier molecular flexibility index (Phi) is 3.73. The van der Waals surface area contributed by atoms with Crippen LogP contribution >= 0.6 is 0 Å². The van der Waals surface area contributed by atoms with E-state index in [2.05, 4.69) is 46.8 Å². The highest BCUT2D eigenvalue weighted by molar-refractivity contribution is 5.95. The SMILES string of the molecule is CC(CCc1ccccc1)Nc1ccc(N)c2nonc12. The topological polar surface area (TPSA) is 77.0 Å². The van der Waals surface area contributed by atoms with Gasteiger partial charge in [-0.25, -0.2) is 4.63 Å². The van der Waals surface area contributed by atoms with Crippen molar-refractivity contribution in [1.29, 1.82) is 0 Å². The van der Waals surface area contributed by atoms with Crippen molar-refractivity contribution in [1.82, 2.24) is 10.3 Å². The van der Waals surface area contributed by atoms with Crippen LogP contribution in [0.5, 0.6) is 0 Å². The minimum Gasteiger partial charge on any atom is -0.397 e. The number of hydrogen-bond acceptors (Lipinski definition) is 5. The van der Waals surface area contributed by atoms with E-state index in [-0.39, 0.29) is 0 Å². The number of aromatic nitrogens is 2. The molecule has 0 aliphatic rings. The maximum absolute atomic E-state index is 5.84. The summed E-state index contributed by atoms with van der Waals surface area (Å²) < 4.78 is 4.78. The molecule has 108 valence electrons. The van der Waals surface area contributed by atoms with E-state index in [0.717, 1.165) is 18.5 Å². The van der Waals surface area contributed by atoms with Gasteiger partial charge in [-0.2, -0.15) is 0 Å². The van der Waals surface area contributed by atoms with Crippen molar-refractivity contribution >= 4 is 22.4 Å². The second kappa shape index (κ2) is 5.83. The molecule has 0 aliphatic heterocycles. The van der Waals surface area contributed by atoms with Crippen LogP contribution in [0, 0.1) is 0 Å². The third-order valence-corrected chi connectivity index (χ3v) is 3.56. The molecule has 3 aromatic rings. The van der Waals surface area contributed by atoms with E-state index in [9.17, 15) is 0 Å². The summed E-state index contributed by atoms with van der Waals surface area (Å²) in [5.41, 5.74) is 9.96. The van der Waals surface area contributed by atoms with Crippen molar-refractivity contribution in [2.45, 2.75) is 25.8 Å². The van der Waals surface area contributed by atoms with Crippen molar-refractivity contribution < 1.29 is 4.63 Å². The van der Waals surface area contributed by atoms with Crippen molar-refractivity contribution in [3.63, 3.8) is 0 Å². The Hall–Kier alpha value is -2.56. The second-order valence-electron chi connectivity index (χ2n) is 5.23. The zero-order valence-electron chi connectivity index (χ0n) is 11.9. The molecule has 1 unspecified atom stereocenters. The summed E-state index contributed by atoms with van der Waals surface area (Å²) in [6.45, 7) is 2.15. The molecule has 1 heterocycles. The number of hydrogen-bond donors (Lipinski definition) is 2. The fourth-order valence-electron chi connectivity index (χ4n) is 2.37. The number of anilines is 2. The fourth-order valence-corrected chi connectivity index (χ4v) is 2.37. The van der Waals surface area contributed by atoms with Crippen molar-refractivity contribution in [2.24, 2.45) is 0 Å². The van der Waals surface area contributed by atoms with Gasteiger partial charge in [0.05, 0.1) is 11.4 Å². The molecule has 3 N–H and O–H groups in total. The number of nitrogen functional groups attached to an aromatic ring is 1. The van der Waals surface area contributed by atoms with Gasteiger partial charge in [0, 0.05) is 6.04 Å². The Morgan fingerprint density at radius 1 is 1.10 bits per heavy atom. The predicted molar refractivity (Wildman–Crippen MR) is 84.1 cm³/mol. The van der Waals surface area contributed by atoms with Crippen molar-refractivity contribution in [2.75, 3.05) is 11.1 Å². The Labute approximate surface area is 123 Å².